The van der Waals surface area contributed by atoms with E-state index in [0.717, 1.165) is 5.69 Å². The normalized spacial score (nSPS) is 11.9. The van der Waals surface area contributed by atoms with E-state index in [4.69, 9.17) is 14.9 Å². The molecule has 0 aliphatic rings. The number of aromatic nitrogens is 1. The summed E-state index contributed by atoms with van der Waals surface area (Å²) in [7, 11) is 1.64. The van der Waals surface area contributed by atoms with Crippen LogP contribution in [0.5, 0.6) is 0 Å². The largest absolute Gasteiger partial charge is 0.417 e. The summed E-state index contributed by atoms with van der Waals surface area (Å²) in [4.78, 5) is 13.7. The van der Waals surface area contributed by atoms with E-state index in [9.17, 15) is 4.79 Å². The molecule has 0 saturated carbocycles. The molecule has 1 aromatic heterocycles. The van der Waals surface area contributed by atoms with Gasteiger partial charge in [-0.25, -0.2) is 4.79 Å². The zero-order chi connectivity index (χ0) is 13.3. The molecule has 0 aliphatic carbocycles. The van der Waals surface area contributed by atoms with Crippen LogP contribution in [-0.2, 0) is 4.74 Å². The second-order valence-electron chi connectivity index (χ2n) is 4.89. The molecule has 6 nitrogen and oxygen atoms in total. The molecule has 0 amide bonds. The van der Waals surface area contributed by atoms with Crippen LogP contribution in [0.2, 0.25) is 0 Å². The highest BCUT2D eigenvalue weighted by atomic mass is 16.5. The highest BCUT2D eigenvalue weighted by molar-refractivity contribution is 5.85. The number of hydrogen-bond donors (Lipinski definition) is 3. The Balaban J connectivity index is 2.38. The van der Waals surface area contributed by atoms with Crippen LogP contribution in [0.1, 0.15) is 13.8 Å². The Morgan fingerprint density at radius 1 is 1.50 bits per heavy atom. The van der Waals surface area contributed by atoms with Crippen LogP contribution in [0, 0.1) is 0 Å². The van der Waals surface area contributed by atoms with E-state index < -0.39 is 5.76 Å². The van der Waals surface area contributed by atoms with Crippen molar-refractivity contribution in [3.63, 3.8) is 0 Å². The van der Waals surface area contributed by atoms with Gasteiger partial charge in [-0.15, -0.1) is 0 Å². The number of methoxy groups -OCH3 is 1. The molecule has 2 rings (SSSR count). The van der Waals surface area contributed by atoms with Crippen LogP contribution < -0.4 is 16.8 Å². The van der Waals surface area contributed by atoms with Crippen molar-refractivity contribution in [2.45, 2.75) is 19.4 Å². The lowest BCUT2D eigenvalue weighted by Crippen LogP contribution is -2.36. The highest BCUT2D eigenvalue weighted by Gasteiger charge is 2.19. The molecule has 98 valence electrons. The van der Waals surface area contributed by atoms with Crippen molar-refractivity contribution in [3.05, 3.63) is 22.7 Å². The summed E-state index contributed by atoms with van der Waals surface area (Å²) in [6.07, 6.45) is 0. The van der Waals surface area contributed by atoms with E-state index in [0.29, 0.717) is 23.4 Å². The fourth-order valence-electron chi connectivity index (χ4n) is 1.88. The fraction of sp³-hybridized carbons (Fsp3) is 0.417. The fourth-order valence-corrected chi connectivity index (χ4v) is 1.88. The highest BCUT2D eigenvalue weighted by Crippen LogP contribution is 2.27. The lowest BCUT2D eigenvalue weighted by atomic mass is 10.1. The quantitative estimate of drug-likeness (QED) is 0.717. The third-order valence-corrected chi connectivity index (χ3v) is 2.57. The number of aromatic amines is 1. The predicted octanol–water partition coefficient (Wildman–Crippen LogP) is 1.54. The van der Waals surface area contributed by atoms with Gasteiger partial charge in [-0.05, 0) is 19.9 Å². The first-order valence-corrected chi connectivity index (χ1v) is 5.61. The maximum absolute atomic E-state index is 11.1. The third-order valence-electron chi connectivity index (χ3n) is 2.57. The summed E-state index contributed by atoms with van der Waals surface area (Å²) in [5.41, 5.74) is 7.98. The number of nitrogen functional groups attached to an aromatic ring is 1. The van der Waals surface area contributed by atoms with E-state index in [1.165, 1.54) is 0 Å². The van der Waals surface area contributed by atoms with Gasteiger partial charge in [0.1, 0.15) is 0 Å². The molecule has 0 fully saturated rings. The van der Waals surface area contributed by atoms with Gasteiger partial charge < -0.3 is 20.2 Å². The molecule has 0 unspecified atom stereocenters. The second kappa shape index (κ2) is 4.38. The summed E-state index contributed by atoms with van der Waals surface area (Å²) in [5, 5.41) is 3.28. The van der Waals surface area contributed by atoms with Gasteiger partial charge in [-0.2, -0.15) is 0 Å². The number of nitrogens with two attached hydrogens (primary N) is 1. The second-order valence-corrected chi connectivity index (χ2v) is 4.89. The van der Waals surface area contributed by atoms with Crippen molar-refractivity contribution in [1.82, 2.24) is 4.98 Å². The molecular formula is C12H17N3O3. The lowest BCUT2D eigenvalue weighted by molar-refractivity contribution is 0.158. The van der Waals surface area contributed by atoms with Crippen molar-refractivity contribution in [2.75, 3.05) is 24.8 Å². The SMILES string of the molecule is COCC(C)(C)Nc1cc2[nH]c(=O)oc2cc1N. The zero-order valence-corrected chi connectivity index (χ0v) is 10.7. The van der Waals surface area contributed by atoms with E-state index in [1.54, 1.807) is 19.2 Å². The Hall–Kier alpha value is -1.95. The molecule has 4 N–H and O–H groups in total. The van der Waals surface area contributed by atoms with Gasteiger partial charge in [-0.3, -0.25) is 4.98 Å². The zero-order valence-electron chi connectivity index (χ0n) is 10.7. The van der Waals surface area contributed by atoms with Crippen LogP contribution in [-0.4, -0.2) is 24.2 Å². The van der Waals surface area contributed by atoms with Gasteiger partial charge in [0, 0.05) is 13.2 Å². The first-order chi connectivity index (χ1) is 8.41. The Morgan fingerprint density at radius 3 is 2.89 bits per heavy atom. The van der Waals surface area contributed by atoms with Gasteiger partial charge in [0.05, 0.1) is 29.0 Å². The molecule has 0 saturated heterocycles. The molecule has 0 radical (unpaired) electrons. The van der Waals surface area contributed by atoms with E-state index >= 15 is 0 Å². The monoisotopic (exact) mass is 251 g/mol. The van der Waals surface area contributed by atoms with Crippen molar-refractivity contribution < 1.29 is 9.15 Å². The van der Waals surface area contributed by atoms with Gasteiger partial charge in [0.25, 0.3) is 0 Å². The molecule has 2 aromatic rings. The summed E-state index contributed by atoms with van der Waals surface area (Å²) in [5.74, 6) is -0.488. The number of hydrogen-bond acceptors (Lipinski definition) is 5. The lowest BCUT2D eigenvalue weighted by Gasteiger charge is -2.27. The number of nitrogens with one attached hydrogen (secondary N) is 2. The molecule has 0 bridgehead atoms. The Kier molecular flexibility index (Phi) is 3.04. The molecule has 0 spiro atoms. The summed E-state index contributed by atoms with van der Waals surface area (Å²) >= 11 is 0. The van der Waals surface area contributed by atoms with Crippen molar-refractivity contribution in [1.29, 1.82) is 0 Å². The summed E-state index contributed by atoms with van der Waals surface area (Å²) in [6.45, 7) is 4.53. The Morgan fingerprint density at radius 2 is 2.22 bits per heavy atom. The minimum absolute atomic E-state index is 0.263. The van der Waals surface area contributed by atoms with Crippen molar-refractivity contribution >= 4 is 22.5 Å². The molecule has 1 heterocycles. The maximum Gasteiger partial charge on any atom is 0.417 e. The maximum atomic E-state index is 11.1. The Labute approximate surface area is 104 Å². The minimum atomic E-state index is -0.488. The van der Waals surface area contributed by atoms with Crippen molar-refractivity contribution in [3.8, 4) is 0 Å². The van der Waals surface area contributed by atoms with Gasteiger partial charge in [-0.1, -0.05) is 0 Å². The van der Waals surface area contributed by atoms with Gasteiger partial charge >= 0.3 is 5.76 Å². The van der Waals surface area contributed by atoms with E-state index in [-0.39, 0.29) is 5.54 Å². The molecule has 0 aliphatic heterocycles. The number of rotatable bonds is 4. The standard InChI is InChI=1S/C12H17N3O3/c1-12(2,6-17-3)15-8-5-9-10(4-7(8)13)18-11(16)14-9/h4-5,15H,6,13H2,1-3H3,(H,14,16). The number of H-pyrrole nitrogens is 1. The molecular weight excluding hydrogens is 234 g/mol. The predicted molar refractivity (Wildman–Crippen MR) is 70.8 cm³/mol. The number of fused-ring (bicyclic) bond motifs is 1. The van der Waals surface area contributed by atoms with Crippen LogP contribution in [0.4, 0.5) is 11.4 Å². The molecule has 18 heavy (non-hydrogen) atoms. The molecule has 1 aromatic carbocycles. The van der Waals surface area contributed by atoms with Crippen LogP contribution in [0.15, 0.2) is 21.3 Å². The summed E-state index contributed by atoms with van der Waals surface area (Å²) in [6, 6.07) is 3.38. The van der Waals surface area contributed by atoms with E-state index in [1.807, 2.05) is 13.8 Å². The average Bonchev–Trinajstić information content (AvgIpc) is 2.57. The average molecular weight is 251 g/mol. The topological polar surface area (TPSA) is 93.3 Å². The smallest absolute Gasteiger partial charge is 0.408 e. The minimum Gasteiger partial charge on any atom is -0.408 e. The van der Waals surface area contributed by atoms with Crippen LogP contribution >= 0.6 is 0 Å². The molecule has 0 atom stereocenters. The van der Waals surface area contributed by atoms with Crippen LogP contribution in [0.25, 0.3) is 11.1 Å². The first kappa shape index (κ1) is 12.5. The number of benzene rings is 1. The van der Waals surface area contributed by atoms with E-state index in [2.05, 4.69) is 10.3 Å². The van der Waals surface area contributed by atoms with Crippen LogP contribution in [0.3, 0.4) is 0 Å². The third kappa shape index (κ3) is 2.48. The number of ether oxygens (including phenoxy) is 1. The number of anilines is 2. The Bertz CT molecular complexity index is 613. The summed E-state index contributed by atoms with van der Waals surface area (Å²) < 4.78 is 10.1. The first-order valence-electron chi connectivity index (χ1n) is 5.61. The van der Waals surface area contributed by atoms with Gasteiger partial charge in [0.15, 0.2) is 5.58 Å². The number of oxazole rings is 1. The molecule has 6 heteroatoms. The van der Waals surface area contributed by atoms with Gasteiger partial charge in [0.2, 0.25) is 0 Å². The van der Waals surface area contributed by atoms with Crippen molar-refractivity contribution in [2.24, 2.45) is 0 Å².